The molecular formula is C23H29F3N4O3. The number of urea groups is 1. The summed E-state index contributed by atoms with van der Waals surface area (Å²) < 4.78 is 47.4. The Labute approximate surface area is 190 Å². The number of hydrogen-bond acceptors (Lipinski definition) is 5. The monoisotopic (exact) mass is 466 g/mol. The molecule has 0 bridgehead atoms. The molecule has 0 unspecified atom stereocenters. The number of nitrogens with one attached hydrogen (secondary N) is 1. The van der Waals surface area contributed by atoms with Crippen molar-refractivity contribution in [3.05, 3.63) is 47.7 Å². The number of oxazole rings is 1. The lowest BCUT2D eigenvalue weighted by molar-refractivity contribution is -0.153. The fraction of sp³-hybridized carbons (Fsp3) is 0.565. The van der Waals surface area contributed by atoms with Gasteiger partial charge in [-0.1, -0.05) is 12.1 Å². The zero-order chi connectivity index (χ0) is 23.4. The van der Waals surface area contributed by atoms with E-state index in [9.17, 15) is 18.0 Å². The number of piperidine rings is 1. The van der Waals surface area contributed by atoms with Gasteiger partial charge in [0.15, 0.2) is 12.5 Å². The van der Waals surface area contributed by atoms with Crippen LogP contribution in [0.1, 0.15) is 48.7 Å². The van der Waals surface area contributed by atoms with Crippen LogP contribution >= 0.6 is 0 Å². The van der Waals surface area contributed by atoms with E-state index in [0.29, 0.717) is 17.5 Å². The first-order valence-corrected chi connectivity index (χ1v) is 11.2. The van der Waals surface area contributed by atoms with Gasteiger partial charge < -0.3 is 24.3 Å². The van der Waals surface area contributed by atoms with Crippen molar-refractivity contribution in [1.82, 2.24) is 20.1 Å². The van der Waals surface area contributed by atoms with Crippen LogP contribution in [0.5, 0.6) is 5.75 Å². The Bertz CT molecular complexity index is 920. The van der Waals surface area contributed by atoms with Gasteiger partial charge in [0.1, 0.15) is 12.0 Å². The lowest BCUT2D eigenvalue weighted by Crippen LogP contribution is -2.48. The number of ether oxygens (including phenoxy) is 1. The molecule has 1 aliphatic carbocycles. The normalized spacial score (nSPS) is 17.7. The topological polar surface area (TPSA) is 70.8 Å². The van der Waals surface area contributed by atoms with E-state index >= 15 is 0 Å². The van der Waals surface area contributed by atoms with E-state index in [1.54, 1.807) is 23.3 Å². The third kappa shape index (κ3) is 7.12. The molecule has 2 aromatic rings. The minimum atomic E-state index is -4.39. The fourth-order valence-corrected chi connectivity index (χ4v) is 3.80. The van der Waals surface area contributed by atoms with Crippen LogP contribution < -0.4 is 10.1 Å². The van der Waals surface area contributed by atoms with Crippen LogP contribution in [0.4, 0.5) is 18.0 Å². The van der Waals surface area contributed by atoms with E-state index in [0.717, 1.165) is 44.3 Å². The van der Waals surface area contributed by atoms with Crippen molar-refractivity contribution in [2.45, 2.75) is 56.9 Å². The SMILES string of the molecule is CN1CCC(NC(=O)N(Cc2ccc(OCC(F)(F)F)cc2)Cc2coc(C3CC3)n2)CC1. The summed E-state index contributed by atoms with van der Waals surface area (Å²) in [6.07, 6.45) is 1.12. The van der Waals surface area contributed by atoms with Gasteiger partial charge in [-0.2, -0.15) is 13.2 Å². The number of alkyl halides is 3. The molecule has 2 heterocycles. The number of likely N-dealkylation sites (tertiary alicyclic amines) is 1. The Morgan fingerprint density at radius 2 is 1.88 bits per heavy atom. The third-order valence-corrected chi connectivity index (χ3v) is 5.88. The highest BCUT2D eigenvalue weighted by Gasteiger charge is 2.30. The summed E-state index contributed by atoms with van der Waals surface area (Å²) in [6, 6.07) is 6.21. The number of carbonyl (C=O) groups is 1. The van der Waals surface area contributed by atoms with Crippen molar-refractivity contribution >= 4 is 6.03 Å². The maximum Gasteiger partial charge on any atom is 0.422 e. The second-order valence-electron chi connectivity index (χ2n) is 8.88. The Balaban J connectivity index is 1.41. The number of hydrogen-bond donors (Lipinski definition) is 1. The molecule has 0 atom stereocenters. The standard InChI is InChI=1S/C23H29F3N4O3/c1-29-10-8-18(9-11-29)28-22(31)30(13-19-14-32-21(27-19)17-4-5-17)12-16-2-6-20(7-3-16)33-15-23(24,25)26/h2-3,6-7,14,17-18H,4-5,8-13,15H2,1H3,(H,28,31). The van der Waals surface area contributed by atoms with Crippen LogP contribution in [0.3, 0.4) is 0 Å². The Morgan fingerprint density at radius 1 is 1.18 bits per heavy atom. The Hall–Kier alpha value is -2.75. The summed E-state index contributed by atoms with van der Waals surface area (Å²) in [5.74, 6) is 1.22. The van der Waals surface area contributed by atoms with Crippen LogP contribution in [0.15, 0.2) is 34.9 Å². The minimum Gasteiger partial charge on any atom is -0.484 e. The summed E-state index contributed by atoms with van der Waals surface area (Å²) >= 11 is 0. The van der Waals surface area contributed by atoms with Crippen molar-refractivity contribution in [1.29, 1.82) is 0 Å². The molecule has 1 aliphatic heterocycles. The predicted molar refractivity (Wildman–Crippen MR) is 115 cm³/mol. The highest BCUT2D eigenvalue weighted by Crippen LogP contribution is 2.39. The summed E-state index contributed by atoms with van der Waals surface area (Å²) in [4.78, 5) is 21.5. The first kappa shape index (κ1) is 23.4. The molecular weight excluding hydrogens is 437 g/mol. The number of halogens is 3. The lowest BCUT2D eigenvalue weighted by Gasteiger charge is -2.31. The van der Waals surface area contributed by atoms with E-state index in [-0.39, 0.29) is 30.9 Å². The molecule has 2 amide bonds. The average molecular weight is 467 g/mol. The number of carbonyl (C=O) groups excluding carboxylic acids is 1. The summed E-state index contributed by atoms with van der Waals surface area (Å²) in [7, 11) is 2.06. The van der Waals surface area contributed by atoms with E-state index in [2.05, 4.69) is 22.2 Å². The Morgan fingerprint density at radius 3 is 2.52 bits per heavy atom. The summed E-state index contributed by atoms with van der Waals surface area (Å²) in [5.41, 5.74) is 1.46. The molecule has 1 saturated heterocycles. The zero-order valence-electron chi connectivity index (χ0n) is 18.6. The molecule has 1 aromatic carbocycles. The van der Waals surface area contributed by atoms with Gasteiger partial charge in [0.25, 0.3) is 0 Å². The van der Waals surface area contributed by atoms with E-state index in [4.69, 9.17) is 9.15 Å². The maximum atomic E-state index is 13.1. The van der Waals surface area contributed by atoms with Crippen LogP contribution in [-0.4, -0.2) is 59.8 Å². The second-order valence-corrected chi connectivity index (χ2v) is 8.88. The number of amides is 2. The highest BCUT2D eigenvalue weighted by molar-refractivity contribution is 5.74. The molecule has 0 radical (unpaired) electrons. The van der Waals surface area contributed by atoms with Crippen molar-refractivity contribution in [2.24, 2.45) is 0 Å². The van der Waals surface area contributed by atoms with Gasteiger partial charge in [-0.05, 0) is 63.5 Å². The van der Waals surface area contributed by atoms with Crippen molar-refractivity contribution < 1.29 is 27.1 Å². The molecule has 2 aliphatic rings. The lowest BCUT2D eigenvalue weighted by atomic mass is 10.1. The summed E-state index contributed by atoms with van der Waals surface area (Å²) in [5, 5.41) is 3.12. The van der Waals surface area contributed by atoms with E-state index in [1.807, 2.05) is 0 Å². The molecule has 2 fully saturated rings. The van der Waals surface area contributed by atoms with Gasteiger partial charge in [-0.3, -0.25) is 0 Å². The largest absolute Gasteiger partial charge is 0.484 e. The first-order chi connectivity index (χ1) is 15.7. The molecule has 1 saturated carbocycles. The number of aromatic nitrogens is 1. The smallest absolute Gasteiger partial charge is 0.422 e. The number of benzene rings is 1. The van der Waals surface area contributed by atoms with Gasteiger partial charge in [0.05, 0.1) is 12.2 Å². The molecule has 1 N–H and O–H groups in total. The Kier molecular flexibility index (Phi) is 7.11. The summed E-state index contributed by atoms with van der Waals surface area (Å²) in [6.45, 7) is 1.08. The highest BCUT2D eigenvalue weighted by atomic mass is 19.4. The molecule has 4 rings (SSSR count). The van der Waals surface area contributed by atoms with E-state index < -0.39 is 12.8 Å². The quantitative estimate of drug-likeness (QED) is 0.628. The van der Waals surface area contributed by atoms with Crippen molar-refractivity contribution in [3.63, 3.8) is 0 Å². The minimum absolute atomic E-state index is 0.105. The van der Waals surface area contributed by atoms with Crippen molar-refractivity contribution in [2.75, 3.05) is 26.7 Å². The zero-order valence-corrected chi connectivity index (χ0v) is 18.6. The number of rotatable bonds is 8. The number of nitrogens with zero attached hydrogens (tertiary/aromatic N) is 3. The van der Waals surface area contributed by atoms with Crippen molar-refractivity contribution in [3.8, 4) is 5.75 Å². The van der Waals surface area contributed by atoms with Gasteiger partial charge in [-0.25, -0.2) is 9.78 Å². The molecule has 0 spiro atoms. The first-order valence-electron chi connectivity index (χ1n) is 11.2. The average Bonchev–Trinajstić information content (AvgIpc) is 3.52. The van der Waals surface area contributed by atoms with Crippen LogP contribution in [0.2, 0.25) is 0 Å². The second kappa shape index (κ2) is 10.0. The third-order valence-electron chi connectivity index (χ3n) is 5.88. The van der Waals surface area contributed by atoms with Crippen LogP contribution in [0, 0.1) is 0 Å². The van der Waals surface area contributed by atoms with Gasteiger partial charge >= 0.3 is 12.2 Å². The van der Waals surface area contributed by atoms with Gasteiger partial charge in [0, 0.05) is 18.5 Å². The van der Waals surface area contributed by atoms with Crippen LogP contribution in [0.25, 0.3) is 0 Å². The predicted octanol–water partition coefficient (Wildman–Crippen LogP) is 4.30. The van der Waals surface area contributed by atoms with E-state index in [1.165, 1.54) is 12.1 Å². The van der Waals surface area contributed by atoms with Gasteiger partial charge in [0.2, 0.25) is 0 Å². The molecule has 1 aromatic heterocycles. The van der Waals surface area contributed by atoms with Crippen LogP contribution in [-0.2, 0) is 13.1 Å². The molecule has 33 heavy (non-hydrogen) atoms. The van der Waals surface area contributed by atoms with Gasteiger partial charge in [-0.15, -0.1) is 0 Å². The molecule has 10 heteroatoms. The fourth-order valence-electron chi connectivity index (χ4n) is 3.80. The molecule has 180 valence electrons. The molecule has 7 nitrogen and oxygen atoms in total. The maximum absolute atomic E-state index is 13.1.